The third kappa shape index (κ3) is 4.11. The van der Waals surface area contributed by atoms with E-state index in [-0.39, 0.29) is 0 Å². The van der Waals surface area contributed by atoms with Crippen molar-refractivity contribution in [3.8, 4) is 0 Å². The van der Waals surface area contributed by atoms with Crippen molar-refractivity contribution in [3.63, 3.8) is 0 Å². The topological polar surface area (TPSA) is 66.8 Å². The van der Waals surface area contributed by atoms with Crippen molar-refractivity contribution in [2.75, 3.05) is 0 Å². The Labute approximate surface area is 35.0 Å². The third-order valence-electron chi connectivity index (χ3n) is 0.137. The van der Waals surface area contributed by atoms with Crippen molar-refractivity contribution in [1.82, 2.24) is 0 Å². The zero-order valence-electron chi connectivity index (χ0n) is 2.74. The number of phosphoric acid groups is 1. The molecule has 0 heterocycles. The lowest BCUT2D eigenvalue weighted by Gasteiger charge is -1.92. The zero-order chi connectivity index (χ0) is 5.21. The molecule has 0 aromatic rings. The molecule has 36 valence electrons. The van der Waals surface area contributed by atoms with Crippen LogP contribution in [0.15, 0.2) is 0 Å². The maximum Gasteiger partial charge on any atom is 0.470 e. The maximum absolute atomic E-state index is 9.35. The van der Waals surface area contributed by atoms with Crippen LogP contribution in [0.25, 0.3) is 0 Å². The van der Waals surface area contributed by atoms with E-state index in [2.05, 4.69) is 11.6 Å². The van der Waals surface area contributed by atoms with Gasteiger partial charge in [-0.3, -0.25) is 4.52 Å². The molecular formula is CH3O4P. The first-order valence-electron chi connectivity index (χ1n) is 1.00. The minimum atomic E-state index is -4.37. The van der Waals surface area contributed by atoms with E-state index in [0.717, 1.165) is 0 Å². The van der Waals surface area contributed by atoms with Crippen LogP contribution < -0.4 is 0 Å². The minimum absolute atomic E-state index is 3.10. The van der Waals surface area contributed by atoms with E-state index >= 15 is 0 Å². The molecule has 0 amide bonds. The highest BCUT2D eigenvalue weighted by atomic mass is 31.2. The van der Waals surface area contributed by atoms with Crippen LogP contribution in [0.4, 0.5) is 0 Å². The summed E-state index contributed by atoms with van der Waals surface area (Å²) in [7, 11) is -0.326. The van der Waals surface area contributed by atoms with Gasteiger partial charge in [-0.1, -0.05) is 0 Å². The highest BCUT2D eigenvalue weighted by Crippen LogP contribution is 2.34. The van der Waals surface area contributed by atoms with E-state index in [1.165, 1.54) is 0 Å². The van der Waals surface area contributed by atoms with E-state index < -0.39 is 7.82 Å². The Balaban J connectivity index is 3.48. The van der Waals surface area contributed by atoms with Crippen LogP contribution in [-0.4, -0.2) is 9.79 Å². The smallest absolute Gasteiger partial charge is 0.303 e. The van der Waals surface area contributed by atoms with Gasteiger partial charge in [-0.2, -0.15) is 0 Å². The summed E-state index contributed by atoms with van der Waals surface area (Å²) in [5, 5.41) is 0. The Morgan fingerprint density at radius 1 is 1.67 bits per heavy atom. The lowest BCUT2D eigenvalue weighted by molar-refractivity contribution is 0.255. The summed E-state index contributed by atoms with van der Waals surface area (Å²) in [4.78, 5) is 15.2. The van der Waals surface area contributed by atoms with Gasteiger partial charge >= 0.3 is 7.82 Å². The predicted octanol–water partition coefficient (Wildman–Crippen LogP) is -0.236. The van der Waals surface area contributed by atoms with Gasteiger partial charge in [-0.15, -0.1) is 0 Å². The van der Waals surface area contributed by atoms with Crippen LogP contribution in [0.3, 0.4) is 0 Å². The average Bonchev–Trinajstić information content (AvgIpc) is 1.35. The van der Waals surface area contributed by atoms with Crippen molar-refractivity contribution < 1.29 is 18.9 Å². The first-order chi connectivity index (χ1) is 2.56. The monoisotopic (exact) mass is 110 g/mol. The van der Waals surface area contributed by atoms with E-state index in [1.54, 1.807) is 0 Å². The number of hydrogen-bond donors (Lipinski definition) is 2. The molecule has 0 unspecified atom stereocenters. The van der Waals surface area contributed by atoms with Crippen molar-refractivity contribution >= 4 is 7.82 Å². The summed E-state index contributed by atoms with van der Waals surface area (Å²) in [6.45, 7) is 0. The molecule has 0 aliphatic rings. The second kappa shape index (κ2) is 1.71. The molecule has 0 aromatic carbocycles. The van der Waals surface area contributed by atoms with E-state index in [0.29, 0.717) is 0 Å². The number of phosphoric ester groups is 1. The highest BCUT2D eigenvalue weighted by Gasteiger charge is 2.07. The Kier molecular flexibility index (Phi) is 1.74. The zero-order valence-corrected chi connectivity index (χ0v) is 3.63. The molecular weight excluding hydrogens is 107 g/mol. The number of rotatable bonds is 1. The lowest BCUT2D eigenvalue weighted by Crippen LogP contribution is -1.73. The quantitative estimate of drug-likeness (QED) is 0.457. The van der Waals surface area contributed by atoms with Crippen LogP contribution in [0, 0.1) is 7.11 Å². The summed E-state index contributed by atoms with van der Waals surface area (Å²) >= 11 is 0. The van der Waals surface area contributed by atoms with Crippen molar-refractivity contribution in [2.24, 2.45) is 0 Å². The van der Waals surface area contributed by atoms with E-state index in [9.17, 15) is 4.57 Å². The maximum atomic E-state index is 9.35. The Morgan fingerprint density at radius 2 is 1.83 bits per heavy atom. The van der Waals surface area contributed by atoms with Gasteiger partial charge in [0.2, 0.25) is 0 Å². The Hall–Kier alpha value is 0.110. The largest absolute Gasteiger partial charge is 0.470 e. The Morgan fingerprint density at radius 3 is 1.83 bits per heavy atom. The van der Waals surface area contributed by atoms with E-state index in [1.807, 2.05) is 0 Å². The molecule has 0 saturated carbocycles. The van der Waals surface area contributed by atoms with Crippen LogP contribution in [-0.2, 0) is 9.09 Å². The predicted molar refractivity (Wildman–Crippen MR) is 17.4 cm³/mol. The molecule has 0 aliphatic carbocycles. The van der Waals surface area contributed by atoms with Crippen LogP contribution in [0.5, 0.6) is 0 Å². The third-order valence-corrected chi connectivity index (χ3v) is 0.412. The van der Waals surface area contributed by atoms with Crippen LogP contribution in [0.1, 0.15) is 0 Å². The van der Waals surface area contributed by atoms with Crippen LogP contribution >= 0.6 is 7.82 Å². The number of hydrogen-bond acceptors (Lipinski definition) is 2. The first-order valence-corrected chi connectivity index (χ1v) is 2.53. The molecule has 0 fully saturated rings. The normalized spacial score (nSPS) is 11.8. The van der Waals surface area contributed by atoms with Gasteiger partial charge in [-0.05, 0) is 0 Å². The van der Waals surface area contributed by atoms with Gasteiger partial charge in [0.05, 0.1) is 0 Å². The van der Waals surface area contributed by atoms with Gasteiger partial charge in [0.25, 0.3) is 0 Å². The standard InChI is InChI=1S/CH3O4P/c1-5-6(2,3)4/h1H,(H2,2,3,4). The molecule has 5 heteroatoms. The van der Waals surface area contributed by atoms with Gasteiger partial charge in [-0.25, -0.2) is 4.57 Å². The second-order valence-corrected chi connectivity index (χ2v) is 1.79. The summed E-state index contributed by atoms with van der Waals surface area (Å²) in [5.41, 5.74) is 0. The molecule has 4 nitrogen and oxygen atoms in total. The first kappa shape index (κ1) is 6.11. The molecule has 0 aromatic heterocycles. The molecule has 0 bridgehead atoms. The molecule has 0 aliphatic heterocycles. The molecule has 0 rings (SSSR count). The fraction of sp³-hybridized carbons (Fsp3) is 0. The van der Waals surface area contributed by atoms with Crippen molar-refractivity contribution in [1.29, 1.82) is 0 Å². The summed E-state index contributed by atoms with van der Waals surface area (Å²) in [6.07, 6.45) is 0. The van der Waals surface area contributed by atoms with Gasteiger partial charge < -0.3 is 9.79 Å². The summed E-state index contributed by atoms with van der Waals surface area (Å²) in [6, 6.07) is 0. The van der Waals surface area contributed by atoms with Gasteiger partial charge in [0.1, 0.15) is 7.11 Å². The van der Waals surface area contributed by atoms with E-state index in [4.69, 9.17) is 9.79 Å². The summed E-state index contributed by atoms with van der Waals surface area (Å²) in [5.74, 6) is 0. The summed E-state index contributed by atoms with van der Waals surface area (Å²) < 4.78 is 12.5. The fourth-order valence-electron chi connectivity index (χ4n) is 0. The van der Waals surface area contributed by atoms with Crippen molar-refractivity contribution in [2.45, 2.75) is 0 Å². The molecule has 2 N–H and O–H groups in total. The Bertz CT molecular complexity index is 71.6. The van der Waals surface area contributed by atoms with Gasteiger partial charge in [0.15, 0.2) is 0 Å². The molecule has 0 spiro atoms. The fourth-order valence-corrected chi connectivity index (χ4v) is 0. The second-order valence-electron chi connectivity index (χ2n) is 0.596. The highest BCUT2D eigenvalue weighted by molar-refractivity contribution is 7.46. The molecule has 0 saturated heterocycles. The van der Waals surface area contributed by atoms with Gasteiger partial charge in [0, 0.05) is 0 Å². The lowest BCUT2D eigenvalue weighted by atomic mass is 11.8. The van der Waals surface area contributed by atoms with Crippen LogP contribution in [0.2, 0.25) is 0 Å². The molecule has 0 atom stereocenters. The average molecular weight is 110 g/mol. The minimum Gasteiger partial charge on any atom is -0.303 e. The molecule has 6 heavy (non-hydrogen) atoms. The van der Waals surface area contributed by atoms with Crippen molar-refractivity contribution in [3.05, 3.63) is 7.11 Å². The SMILES string of the molecule is [CH]OP(=O)(O)O. The molecule has 2 radical (unpaired) electrons.